The fourth-order valence-corrected chi connectivity index (χ4v) is 2.41. The Kier molecular flexibility index (Phi) is 4.15. The molecule has 0 saturated carbocycles. The maximum atomic E-state index is 13.5. The van der Waals surface area contributed by atoms with Crippen molar-refractivity contribution in [2.24, 2.45) is 0 Å². The summed E-state index contributed by atoms with van der Waals surface area (Å²) in [6.45, 7) is 0.641. The van der Waals surface area contributed by atoms with Crippen LogP contribution in [0.3, 0.4) is 0 Å². The molecule has 5 nitrogen and oxygen atoms in total. The van der Waals surface area contributed by atoms with Crippen molar-refractivity contribution in [1.29, 1.82) is 0 Å². The number of halogens is 2. The lowest BCUT2D eigenvalue weighted by Crippen LogP contribution is -2.24. The second-order valence-electron chi connectivity index (χ2n) is 5.10. The highest BCUT2D eigenvalue weighted by Gasteiger charge is 2.23. The van der Waals surface area contributed by atoms with E-state index in [0.29, 0.717) is 5.89 Å². The Balaban J connectivity index is 1.65. The molecule has 0 bridgehead atoms. The number of aromatic nitrogens is 1. The Morgan fingerprint density at radius 1 is 1.41 bits per heavy atom. The monoisotopic (exact) mass is 307 g/mol. The summed E-state index contributed by atoms with van der Waals surface area (Å²) >= 11 is 0. The van der Waals surface area contributed by atoms with Crippen molar-refractivity contribution in [2.75, 3.05) is 6.54 Å². The third-order valence-corrected chi connectivity index (χ3v) is 3.60. The van der Waals surface area contributed by atoms with E-state index in [0.717, 1.165) is 31.5 Å². The first-order valence-electron chi connectivity index (χ1n) is 7.05. The Morgan fingerprint density at radius 2 is 2.18 bits per heavy atom. The molecule has 0 aliphatic carbocycles. The van der Waals surface area contributed by atoms with E-state index in [4.69, 9.17) is 4.42 Å². The van der Waals surface area contributed by atoms with Crippen LogP contribution >= 0.6 is 0 Å². The molecule has 2 N–H and O–H groups in total. The minimum atomic E-state index is -0.698. The summed E-state index contributed by atoms with van der Waals surface area (Å²) in [6.07, 6.45) is 3.19. The first-order chi connectivity index (χ1) is 10.6. The van der Waals surface area contributed by atoms with E-state index in [1.165, 1.54) is 12.3 Å². The number of carbonyl (C=O) groups excluding carboxylic acids is 1. The van der Waals surface area contributed by atoms with Crippen molar-refractivity contribution in [3.8, 4) is 0 Å². The number of oxazole rings is 1. The molecule has 1 saturated heterocycles. The van der Waals surface area contributed by atoms with Gasteiger partial charge in [-0.15, -0.1) is 0 Å². The van der Waals surface area contributed by atoms with Crippen LogP contribution in [0.4, 0.5) is 8.78 Å². The zero-order valence-electron chi connectivity index (χ0n) is 11.7. The molecule has 2 aromatic rings. The third kappa shape index (κ3) is 2.99. The molecule has 1 aliphatic rings. The number of hydrogen-bond acceptors (Lipinski definition) is 4. The number of nitrogens with one attached hydrogen (secondary N) is 2. The van der Waals surface area contributed by atoms with Gasteiger partial charge >= 0.3 is 0 Å². The summed E-state index contributed by atoms with van der Waals surface area (Å²) in [4.78, 5) is 16.1. The van der Waals surface area contributed by atoms with Crippen molar-refractivity contribution in [3.63, 3.8) is 0 Å². The summed E-state index contributed by atoms with van der Waals surface area (Å²) in [5.41, 5.74) is -0.0857. The SMILES string of the molecule is O=C(NCc1c(F)cccc1F)c1coc(C2CCCN2)n1. The second kappa shape index (κ2) is 6.23. The summed E-state index contributed by atoms with van der Waals surface area (Å²) in [7, 11) is 0. The third-order valence-electron chi connectivity index (χ3n) is 3.60. The zero-order chi connectivity index (χ0) is 15.5. The molecule has 1 amide bonds. The fourth-order valence-electron chi connectivity index (χ4n) is 2.41. The fraction of sp³-hybridized carbons (Fsp3) is 0.333. The highest BCUT2D eigenvalue weighted by atomic mass is 19.1. The summed E-state index contributed by atoms with van der Waals surface area (Å²) in [6, 6.07) is 3.58. The molecule has 0 radical (unpaired) electrons. The number of benzene rings is 1. The lowest BCUT2D eigenvalue weighted by Gasteiger charge is -2.06. The van der Waals surface area contributed by atoms with Crippen LogP contribution in [0.2, 0.25) is 0 Å². The molecule has 1 aromatic carbocycles. The predicted molar refractivity (Wildman–Crippen MR) is 74.0 cm³/mol. The number of hydrogen-bond donors (Lipinski definition) is 2. The molecule has 0 spiro atoms. The minimum absolute atomic E-state index is 0.0190. The quantitative estimate of drug-likeness (QED) is 0.909. The molecule has 1 fully saturated rings. The normalized spacial score (nSPS) is 17.6. The average molecular weight is 307 g/mol. The van der Waals surface area contributed by atoms with E-state index in [2.05, 4.69) is 15.6 Å². The molecule has 7 heteroatoms. The Bertz CT molecular complexity index is 661. The van der Waals surface area contributed by atoms with E-state index >= 15 is 0 Å². The van der Waals surface area contributed by atoms with Gasteiger partial charge in [0, 0.05) is 12.1 Å². The average Bonchev–Trinajstić information content (AvgIpc) is 3.17. The molecule has 116 valence electrons. The van der Waals surface area contributed by atoms with Crippen LogP contribution in [0, 0.1) is 11.6 Å². The molecule has 1 aromatic heterocycles. The van der Waals surface area contributed by atoms with Gasteiger partial charge in [-0.3, -0.25) is 4.79 Å². The van der Waals surface area contributed by atoms with Gasteiger partial charge in [0.05, 0.1) is 6.04 Å². The molecule has 3 rings (SSSR count). The number of rotatable bonds is 4. The molecular weight excluding hydrogens is 292 g/mol. The minimum Gasteiger partial charge on any atom is -0.446 e. The summed E-state index contributed by atoms with van der Waals surface area (Å²) in [5.74, 6) is -1.47. The van der Waals surface area contributed by atoms with Crippen molar-refractivity contribution in [1.82, 2.24) is 15.6 Å². The Morgan fingerprint density at radius 3 is 2.86 bits per heavy atom. The Labute approximate surface area is 125 Å². The first kappa shape index (κ1) is 14.6. The molecule has 2 heterocycles. The van der Waals surface area contributed by atoms with Crippen LogP contribution in [0.15, 0.2) is 28.9 Å². The van der Waals surface area contributed by atoms with Gasteiger partial charge in [-0.05, 0) is 31.5 Å². The van der Waals surface area contributed by atoms with E-state index in [1.807, 2.05) is 0 Å². The molecule has 1 aliphatic heterocycles. The Hall–Kier alpha value is -2.28. The first-order valence-corrected chi connectivity index (χ1v) is 7.05. The number of carbonyl (C=O) groups is 1. The van der Waals surface area contributed by atoms with Gasteiger partial charge < -0.3 is 15.1 Å². The van der Waals surface area contributed by atoms with Crippen LogP contribution in [-0.2, 0) is 6.54 Å². The van der Waals surface area contributed by atoms with Crippen molar-refractivity contribution < 1.29 is 18.0 Å². The lowest BCUT2D eigenvalue weighted by atomic mass is 10.2. The summed E-state index contributed by atoms with van der Waals surface area (Å²) < 4.78 is 32.2. The van der Waals surface area contributed by atoms with Crippen LogP contribution in [0.1, 0.15) is 40.8 Å². The zero-order valence-corrected chi connectivity index (χ0v) is 11.7. The van der Waals surface area contributed by atoms with Crippen molar-refractivity contribution in [2.45, 2.75) is 25.4 Å². The maximum Gasteiger partial charge on any atom is 0.273 e. The van der Waals surface area contributed by atoms with E-state index in [1.54, 1.807) is 0 Å². The second-order valence-corrected chi connectivity index (χ2v) is 5.10. The standard InChI is InChI=1S/C15H15F2N3O2/c16-10-3-1-4-11(17)9(10)7-19-14(21)13-8-22-15(20-13)12-5-2-6-18-12/h1,3-4,8,12,18H,2,5-7H2,(H,19,21). The van der Waals surface area contributed by atoms with Crippen LogP contribution in [-0.4, -0.2) is 17.4 Å². The van der Waals surface area contributed by atoms with Crippen LogP contribution in [0.25, 0.3) is 0 Å². The van der Waals surface area contributed by atoms with Gasteiger partial charge in [0.25, 0.3) is 5.91 Å². The molecule has 1 atom stereocenters. The van der Waals surface area contributed by atoms with E-state index in [9.17, 15) is 13.6 Å². The topological polar surface area (TPSA) is 67.2 Å². The van der Waals surface area contributed by atoms with Crippen LogP contribution < -0.4 is 10.6 Å². The maximum absolute atomic E-state index is 13.5. The van der Waals surface area contributed by atoms with Gasteiger partial charge in [0.15, 0.2) is 5.69 Å². The van der Waals surface area contributed by atoms with Gasteiger partial charge in [-0.25, -0.2) is 13.8 Å². The molecule has 1 unspecified atom stereocenters. The van der Waals surface area contributed by atoms with Gasteiger partial charge in [0.1, 0.15) is 17.9 Å². The number of nitrogens with zero attached hydrogens (tertiary/aromatic N) is 1. The summed E-state index contributed by atoms with van der Waals surface area (Å²) in [5, 5.41) is 5.65. The van der Waals surface area contributed by atoms with Crippen LogP contribution in [0.5, 0.6) is 0 Å². The molecular formula is C15H15F2N3O2. The predicted octanol–water partition coefficient (Wildman–Crippen LogP) is 2.31. The van der Waals surface area contributed by atoms with E-state index < -0.39 is 17.5 Å². The lowest BCUT2D eigenvalue weighted by molar-refractivity contribution is 0.0945. The highest BCUT2D eigenvalue weighted by molar-refractivity contribution is 5.91. The van der Waals surface area contributed by atoms with Crippen molar-refractivity contribution in [3.05, 3.63) is 53.2 Å². The van der Waals surface area contributed by atoms with E-state index in [-0.39, 0.29) is 23.8 Å². The molecule has 22 heavy (non-hydrogen) atoms. The van der Waals surface area contributed by atoms with Gasteiger partial charge in [-0.2, -0.15) is 0 Å². The van der Waals surface area contributed by atoms with Gasteiger partial charge in [0.2, 0.25) is 5.89 Å². The smallest absolute Gasteiger partial charge is 0.273 e. The van der Waals surface area contributed by atoms with Crippen molar-refractivity contribution >= 4 is 5.91 Å². The highest BCUT2D eigenvalue weighted by Crippen LogP contribution is 2.22. The largest absolute Gasteiger partial charge is 0.446 e. The number of amides is 1. The van der Waals surface area contributed by atoms with Gasteiger partial charge in [-0.1, -0.05) is 6.07 Å².